The molecule has 0 spiro atoms. The molecule has 0 fully saturated rings. The molecular formula is C40H77NO7P+. The molecule has 0 amide bonds. The summed E-state index contributed by atoms with van der Waals surface area (Å²) >= 11 is 0. The van der Waals surface area contributed by atoms with Crippen molar-refractivity contribution in [3.63, 3.8) is 0 Å². The lowest BCUT2D eigenvalue weighted by Gasteiger charge is -2.24. The molecule has 2 unspecified atom stereocenters. The monoisotopic (exact) mass is 715 g/mol. The van der Waals surface area contributed by atoms with E-state index in [0.717, 1.165) is 38.5 Å². The number of ether oxygens (including phenoxy) is 2. The van der Waals surface area contributed by atoms with Crippen LogP contribution in [0.1, 0.15) is 162 Å². The van der Waals surface area contributed by atoms with Crippen molar-refractivity contribution in [2.75, 3.05) is 47.5 Å². The van der Waals surface area contributed by atoms with Gasteiger partial charge in [0.05, 0.1) is 34.0 Å². The van der Waals surface area contributed by atoms with Crippen molar-refractivity contribution in [2.24, 2.45) is 0 Å². The van der Waals surface area contributed by atoms with Crippen LogP contribution >= 0.6 is 7.82 Å². The SMILES string of the molecule is CCCC/C=C\CCCCCCCC(=O)OCC(COP(=O)(O)OCC[N+](C)(C)C)O/C=C\CCCCCCCC/C=C\CCCCCC. The summed E-state index contributed by atoms with van der Waals surface area (Å²) in [5, 5.41) is 0. The highest BCUT2D eigenvalue weighted by atomic mass is 31.2. The van der Waals surface area contributed by atoms with Gasteiger partial charge < -0.3 is 18.9 Å². The van der Waals surface area contributed by atoms with Gasteiger partial charge in [0.2, 0.25) is 0 Å². The number of allylic oxidation sites excluding steroid dienone is 5. The van der Waals surface area contributed by atoms with Gasteiger partial charge in [-0.05, 0) is 70.3 Å². The first-order valence-electron chi connectivity index (χ1n) is 19.8. The fourth-order valence-electron chi connectivity index (χ4n) is 5.04. The number of hydrogen-bond donors (Lipinski definition) is 1. The molecule has 0 aliphatic carbocycles. The van der Waals surface area contributed by atoms with Gasteiger partial charge in [0.25, 0.3) is 0 Å². The molecule has 0 aromatic carbocycles. The van der Waals surface area contributed by atoms with Crippen LogP contribution in [-0.2, 0) is 27.9 Å². The van der Waals surface area contributed by atoms with Crippen molar-refractivity contribution >= 4 is 13.8 Å². The van der Waals surface area contributed by atoms with Gasteiger partial charge in [0, 0.05) is 6.42 Å². The zero-order valence-electron chi connectivity index (χ0n) is 32.4. The van der Waals surface area contributed by atoms with Gasteiger partial charge in [0.15, 0.2) is 6.10 Å². The Morgan fingerprint density at radius 1 is 0.633 bits per heavy atom. The Hall–Kier alpha value is -1.44. The number of nitrogens with zero attached hydrogens (tertiary/aromatic N) is 1. The van der Waals surface area contributed by atoms with E-state index in [4.69, 9.17) is 18.5 Å². The van der Waals surface area contributed by atoms with E-state index in [1.54, 1.807) is 6.26 Å². The average Bonchev–Trinajstić information content (AvgIpc) is 3.05. The number of carbonyl (C=O) groups is 1. The van der Waals surface area contributed by atoms with Crippen molar-refractivity contribution < 1.29 is 37.3 Å². The van der Waals surface area contributed by atoms with Crippen LogP contribution in [0.2, 0.25) is 0 Å². The highest BCUT2D eigenvalue weighted by Crippen LogP contribution is 2.43. The van der Waals surface area contributed by atoms with E-state index in [1.165, 1.54) is 103 Å². The molecule has 0 saturated heterocycles. The molecule has 0 saturated carbocycles. The number of phosphoric acid groups is 1. The standard InChI is InChI=1S/C40H76NO7P/c1-6-8-10-12-14-16-18-19-20-21-22-24-26-28-30-32-35-45-39(38-48-49(43,44)47-36-34-41(3,4)5)37-46-40(42)33-31-29-27-25-23-17-15-13-11-9-7-2/h13,15-16,18,32,35,39H,6-12,14,17,19-31,33-34,36-38H2,1-5H3/p+1/b15-13-,18-16-,35-32-. The molecule has 1 N–H and O–H groups in total. The summed E-state index contributed by atoms with van der Waals surface area (Å²) in [6, 6.07) is 0. The van der Waals surface area contributed by atoms with Crippen molar-refractivity contribution in [3.05, 3.63) is 36.6 Å². The van der Waals surface area contributed by atoms with E-state index in [9.17, 15) is 14.3 Å². The number of carbonyl (C=O) groups excluding carboxylic acids is 1. The van der Waals surface area contributed by atoms with Crippen LogP contribution < -0.4 is 0 Å². The number of unbranched alkanes of at least 4 members (excludes halogenated alkanes) is 18. The van der Waals surface area contributed by atoms with E-state index in [0.29, 0.717) is 17.4 Å². The molecule has 9 heteroatoms. The van der Waals surface area contributed by atoms with Crippen molar-refractivity contribution in [3.8, 4) is 0 Å². The maximum absolute atomic E-state index is 12.4. The number of likely N-dealkylation sites (N-methyl/N-ethyl adjacent to an activating group) is 1. The second-order valence-electron chi connectivity index (χ2n) is 14.4. The van der Waals surface area contributed by atoms with Crippen molar-refractivity contribution in [2.45, 2.75) is 168 Å². The maximum Gasteiger partial charge on any atom is 0.472 e. The summed E-state index contributed by atoms with van der Waals surface area (Å²) < 4.78 is 34.6. The predicted molar refractivity (Wildman–Crippen MR) is 205 cm³/mol. The number of phosphoric ester groups is 1. The number of hydrogen-bond acceptors (Lipinski definition) is 6. The summed E-state index contributed by atoms with van der Waals surface area (Å²) in [4.78, 5) is 22.5. The lowest BCUT2D eigenvalue weighted by atomic mass is 10.1. The van der Waals surface area contributed by atoms with Gasteiger partial charge in [-0.1, -0.05) is 115 Å². The Morgan fingerprint density at radius 2 is 1.10 bits per heavy atom. The van der Waals surface area contributed by atoms with E-state index >= 15 is 0 Å². The van der Waals surface area contributed by atoms with E-state index in [2.05, 4.69) is 38.2 Å². The van der Waals surface area contributed by atoms with Crippen LogP contribution in [0.3, 0.4) is 0 Å². The average molecular weight is 715 g/mol. The molecule has 0 rings (SSSR count). The minimum absolute atomic E-state index is 0.0551. The third-order valence-corrected chi connectivity index (χ3v) is 9.25. The summed E-state index contributed by atoms with van der Waals surface area (Å²) in [7, 11) is 1.66. The van der Waals surface area contributed by atoms with Crippen LogP contribution in [0.4, 0.5) is 0 Å². The summed E-state index contributed by atoms with van der Waals surface area (Å²) in [5.74, 6) is -0.291. The Kier molecular flexibility index (Phi) is 32.7. The number of quaternary nitrogens is 1. The molecule has 0 bridgehead atoms. The largest absolute Gasteiger partial charge is 0.492 e. The zero-order chi connectivity index (χ0) is 36.3. The highest BCUT2D eigenvalue weighted by molar-refractivity contribution is 7.47. The molecule has 0 radical (unpaired) electrons. The molecule has 8 nitrogen and oxygen atoms in total. The second-order valence-corrected chi connectivity index (χ2v) is 15.8. The van der Waals surface area contributed by atoms with Crippen molar-refractivity contribution in [1.29, 1.82) is 0 Å². The molecule has 0 heterocycles. The van der Waals surface area contributed by atoms with E-state index < -0.39 is 13.9 Å². The van der Waals surface area contributed by atoms with Gasteiger partial charge in [-0.3, -0.25) is 13.8 Å². The third kappa shape index (κ3) is 37.6. The Balaban J connectivity index is 4.36. The van der Waals surface area contributed by atoms with Crippen LogP contribution in [0, 0.1) is 0 Å². The van der Waals surface area contributed by atoms with Gasteiger partial charge in [-0.2, -0.15) is 0 Å². The quantitative estimate of drug-likeness (QED) is 0.0172. The molecular weight excluding hydrogens is 637 g/mol. The first kappa shape index (κ1) is 47.6. The van der Waals surface area contributed by atoms with Gasteiger partial charge in [0.1, 0.15) is 19.8 Å². The minimum Gasteiger partial charge on any atom is -0.492 e. The second kappa shape index (κ2) is 33.7. The van der Waals surface area contributed by atoms with E-state index in [-0.39, 0.29) is 25.8 Å². The number of esters is 1. The van der Waals surface area contributed by atoms with Crippen LogP contribution in [0.15, 0.2) is 36.6 Å². The van der Waals surface area contributed by atoms with Gasteiger partial charge >= 0.3 is 13.8 Å². The Morgan fingerprint density at radius 3 is 1.63 bits per heavy atom. The lowest BCUT2D eigenvalue weighted by Crippen LogP contribution is -2.37. The van der Waals surface area contributed by atoms with Crippen molar-refractivity contribution in [1.82, 2.24) is 0 Å². The first-order chi connectivity index (χ1) is 23.6. The number of rotatable bonds is 36. The summed E-state index contributed by atoms with van der Waals surface area (Å²) in [6.45, 7) is 4.83. The molecule has 0 aromatic rings. The van der Waals surface area contributed by atoms with Gasteiger partial charge in [-0.15, -0.1) is 0 Å². The maximum atomic E-state index is 12.4. The summed E-state index contributed by atoms with van der Waals surface area (Å²) in [5.41, 5.74) is 0. The molecule has 2 atom stereocenters. The minimum atomic E-state index is -4.26. The predicted octanol–water partition coefficient (Wildman–Crippen LogP) is 11.4. The molecule has 0 aliphatic heterocycles. The third-order valence-electron chi connectivity index (χ3n) is 8.26. The highest BCUT2D eigenvalue weighted by Gasteiger charge is 2.25. The zero-order valence-corrected chi connectivity index (χ0v) is 33.3. The Bertz CT molecular complexity index is 884. The van der Waals surface area contributed by atoms with Gasteiger partial charge in [-0.25, -0.2) is 4.57 Å². The molecule has 0 aliphatic rings. The van der Waals surface area contributed by atoms with Crippen LogP contribution in [-0.4, -0.2) is 69.0 Å². The lowest BCUT2D eigenvalue weighted by molar-refractivity contribution is -0.870. The molecule has 49 heavy (non-hydrogen) atoms. The van der Waals surface area contributed by atoms with E-state index in [1.807, 2.05) is 27.2 Å². The fraction of sp³-hybridized carbons (Fsp3) is 0.825. The molecule has 288 valence electrons. The normalized spacial score (nSPS) is 14.2. The smallest absolute Gasteiger partial charge is 0.472 e. The molecule has 0 aromatic heterocycles. The fourth-order valence-corrected chi connectivity index (χ4v) is 5.78. The summed E-state index contributed by atoms with van der Waals surface area (Å²) in [6.07, 6.45) is 38.4. The Labute approximate surface area is 302 Å². The first-order valence-corrected chi connectivity index (χ1v) is 21.3. The topological polar surface area (TPSA) is 91.3 Å². The van der Waals surface area contributed by atoms with Crippen LogP contribution in [0.5, 0.6) is 0 Å². The van der Waals surface area contributed by atoms with Crippen LogP contribution in [0.25, 0.3) is 0 Å².